The van der Waals surface area contributed by atoms with Crippen molar-refractivity contribution < 1.29 is 19.4 Å². The van der Waals surface area contributed by atoms with Crippen LogP contribution in [0.15, 0.2) is 12.2 Å². The maximum Gasteiger partial charge on any atom is 0.324 e. The molecule has 2 aliphatic rings. The largest absolute Gasteiger partial charge is 0.480 e. The Labute approximate surface area is 120 Å². The molecule has 1 N–H and O–H groups in total. The van der Waals surface area contributed by atoms with Crippen LogP contribution in [0.1, 0.15) is 64.7 Å². The molecule has 0 unspecified atom stereocenters. The van der Waals surface area contributed by atoms with Gasteiger partial charge in [0.05, 0.1) is 0 Å². The predicted molar refractivity (Wildman–Crippen MR) is 75.3 cm³/mol. The Morgan fingerprint density at radius 1 is 1.00 bits per heavy atom. The highest BCUT2D eigenvalue weighted by Gasteiger charge is 2.51. The Morgan fingerprint density at radius 3 is 2.05 bits per heavy atom. The standard InChI is InChI=1S/C16H24O4/c1-2-8-15(9-4-3-5-10-15)20-14(19)16(13(17)18)11-6-7-12-16/h2,8H,3-7,9-12H2,1H3,(H,17,18)/b8-2+. The molecule has 2 rings (SSSR count). The van der Waals surface area contributed by atoms with E-state index >= 15 is 0 Å². The summed E-state index contributed by atoms with van der Waals surface area (Å²) < 4.78 is 5.76. The molecular weight excluding hydrogens is 256 g/mol. The molecule has 4 nitrogen and oxygen atoms in total. The van der Waals surface area contributed by atoms with Crippen LogP contribution in [0, 0.1) is 5.41 Å². The molecule has 2 fully saturated rings. The van der Waals surface area contributed by atoms with Crippen molar-refractivity contribution in [3.05, 3.63) is 12.2 Å². The van der Waals surface area contributed by atoms with E-state index in [4.69, 9.17) is 4.74 Å². The Balaban J connectivity index is 2.17. The van der Waals surface area contributed by atoms with E-state index in [1.165, 1.54) is 0 Å². The van der Waals surface area contributed by atoms with Crippen LogP contribution in [0.3, 0.4) is 0 Å². The summed E-state index contributed by atoms with van der Waals surface area (Å²) in [4.78, 5) is 24.1. The van der Waals surface area contributed by atoms with E-state index in [1.807, 2.05) is 19.1 Å². The first-order chi connectivity index (χ1) is 9.55. The third kappa shape index (κ3) is 2.74. The summed E-state index contributed by atoms with van der Waals surface area (Å²) >= 11 is 0. The van der Waals surface area contributed by atoms with Gasteiger partial charge in [0.2, 0.25) is 0 Å². The Bertz CT molecular complexity index is 399. The molecule has 0 aliphatic heterocycles. The third-order valence-corrected chi connectivity index (χ3v) is 4.72. The normalized spacial score (nSPS) is 24.6. The zero-order chi connectivity index (χ0) is 14.6. The van der Waals surface area contributed by atoms with E-state index < -0.39 is 23.0 Å². The molecule has 0 aromatic heterocycles. The number of allylic oxidation sites excluding steroid dienone is 1. The number of carbonyl (C=O) groups is 2. The highest BCUT2D eigenvalue weighted by Crippen LogP contribution is 2.42. The van der Waals surface area contributed by atoms with Crippen LogP contribution >= 0.6 is 0 Å². The van der Waals surface area contributed by atoms with Gasteiger partial charge in [-0.2, -0.15) is 0 Å². The summed E-state index contributed by atoms with van der Waals surface area (Å²) in [5.41, 5.74) is -1.87. The molecule has 0 atom stereocenters. The molecular formula is C16H24O4. The predicted octanol–water partition coefficient (Wildman–Crippen LogP) is 3.45. The van der Waals surface area contributed by atoms with Gasteiger partial charge in [-0.3, -0.25) is 9.59 Å². The van der Waals surface area contributed by atoms with Crippen LogP contribution in [0.25, 0.3) is 0 Å². The van der Waals surface area contributed by atoms with Crippen molar-refractivity contribution in [3.63, 3.8) is 0 Å². The Morgan fingerprint density at radius 2 is 1.55 bits per heavy atom. The van der Waals surface area contributed by atoms with Crippen LogP contribution < -0.4 is 0 Å². The van der Waals surface area contributed by atoms with Crippen molar-refractivity contribution in [2.75, 3.05) is 0 Å². The van der Waals surface area contributed by atoms with Crippen molar-refractivity contribution >= 4 is 11.9 Å². The molecule has 0 aromatic rings. The Kier molecular flexibility index (Phi) is 4.51. The van der Waals surface area contributed by atoms with Crippen LogP contribution in [0.5, 0.6) is 0 Å². The van der Waals surface area contributed by atoms with E-state index in [0.717, 1.165) is 44.9 Å². The van der Waals surface area contributed by atoms with Gasteiger partial charge in [-0.1, -0.05) is 25.3 Å². The average molecular weight is 280 g/mol. The van der Waals surface area contributed by atoms with E-state index in [9.17, 15) is 14.7 Å². The first-order valence-corrected chi connectivity index (χ1v) is 7.65. The van der Waals surface area contributed by atoms with Gasteiger partial charge >= 0.3 is 11.9 Å². The summed E-state index contributed by atoms with van der Waals surface area (Å²) in [6, 6.07) is 0. The lowest BCUT2D eigenvalue weighted by atomic mass is 9.82. The number of hydrogen-bond donors (Lipinski definition) is 1. The number of ether oxygens (including phenoxy) is 1. The number of carbonyl (C=O) groups excluding carboxylic acids is 1. The second-order valence-electron chi connectivity index (χ2n) is 6.11. The zero-order valence-electron chi connectivity index (χ0n) is 12.2. The third-order valence-electron chi connectivity index (χ3n) is 4.72. The second-order valence-corrected chi connectivity index (χ2v) is 6.11. The fraction of sp³-hybridized carbons (Fsp3) is 0.750. The van der Waals surface area contributed by atoms with Crippen molar-refractivity contribution in [2.45, 2.75) is 70.3 Å². The molecule has 0 saturated heterocycles. The van der Waals surface area contributed by atoms with Crippen molar-refractivity contribution in [3.8, 4) is 0 Å². The lowest BCUT2D eigenvalue weighted by molar-refractivity contribution is -0.178. The van der Waals surface area contributed by atoms with Gasteiger partial charge in [-0.25, -0.2) is 0 Å². The van der Waals surface area contributed by atoms with Crippen LogP contribution in [-0.4, -0.2) is 22.6 Å². The first kappa shape index (κ1) is 15.1. The second kappa shape index (κ2) is 5.98. The first-order valence-electron chi connectivity index (χ1n) is 7.65. The minimum absolute atomic E-state index is 0.410. The summed E-state index contributed by atoms with van der Waals surface area (Å²) in [5.74, 6) is -1.55. The van der Waals surface area contributed by atoms with Gasteiger partial charge in [0.1, 0.15) is 5.60 Å². The van der Waals surface area contributed by atoms with Gasteiger partial charge in [-0.15, -0.1) is 0 Å². The molecule has 0 bridgehead atoms. The van der Waals surface area contributed by atoms with Gasteiger partial charge in [0.25, 0.3) is 0 Å². The number of esters is 1. The quantitative estimate of drug-likeness (QED) is 0.486. The molecule has 0 heterocycles. The molecule has 2 saturated carbocycles. The summed E-state index contributed by atoms with van der Waals surface area (Å²) in [7, 11) is 0. The van der Waals surface area contributed by atoms with Crippen molar-refractivity contribution in [1.82, 2.24) is 0 Å². The van der Waals surface area contributed by atoms with Crippen LogP contribution in [0.4, 0.5) is 0 Å². The molecule has 2 aliphatic carbocycles. The smallest absolute Gasteiger partial charge is 0.324 e. The minimum atomic E-state index is -1.30. The molecule has 4 heteroatoms. The van der Waals surface area contributed by atoms with Crippen LogP contribution in [0.2, 0.25) is 0 Å². The average Bonchev–Trinajstić information content (AvgIpc) is 2.90. The molecule has 0 radical (unpaired) electrons. The van der Waals surface area contributed by atoms with Crippen molar-refractivity contribution in [1.29, 1.82) is 0 Å². The maximum absolute atomic E-state index is 12.5. The highest BCUT2D eigenvalue weighted by atomic mass is 16.6. The van der Waals surface area contributed by atoms with Crippen LogP contribution in [-0.2, 0) is 14.3 Å². The minimum Gasteiger partial charge on any atom is -0.480 e. The van der Waals surface area contributed by atoms with E-state index in [1.54, 1.807) is 0 Å². The SMILES string of the molecule is C/C=C/C1(OC(=O)C2(C(=O)O)CCCC2)CCCCC1. The molecule has 0 aromatic carbocycles. The topological polar surface area (TPSA) is 63.6 Å². The molecule has 20 heavy (non-hydrogen) atoms. The number of hydrogen-bond acceptors (Lipinski definition) is 3. The summed E-state index contributed by atoms with van der Waals surface area (Å²) in [6.45, 7) is 1.91. The van der Waals surface area contributed by atoms with Gasteiger partial charge in [-0.05, 0) is 51.5 Å². The fourth-order valence-electron chi connectivity index (χ4n) is 3.52. The zero-order valence-corrected chi connectivity index (χ0v) is 12.2. The van der Waals surface area contributed by atoms with Gasteiger partial charge < -0.3 is 9.84 Å². The fourth-order valence-corrected chi connectivity index (χ4v) is 3.52. The molecule has 0 amide bonds. The monoisotopic (exact) mass is 280 g/mol. The summed E-state index contributed by atoms with van der Waals surface area (Å²) in [6.07, 6.45) is 11.1. The lowest BCUT2D eigenvalue weighted by Gasteiger charge is -2.36. The lowest BCUT2D eigenvalue weighted by Crippen LogP contribution is -2.44. The number of rotatable bonds is 4. The highest BCUT2D eigenvalue weighted by molar-refractivity contribution is 5.99. The number of aliphatic carboxylic acids is 1. The van der Waals surface area contributed by atoms with E-state index in [2.05, 4.69) is 0 Å². The van der Waals surface area contributed by atoms with Gasteiger partial charge in [0.15, 0.2) is 5.41 Å². The molecule has 112 valence electrons. The summed E-state index contributed by atoms with van der Waals surface area (Å²) in [5, 5.41) is 9.46. The Hall–Kier alpha value is -1.32. The maximum atomic E-state index is 12.5. The number of carboxylic acids is 1. The van der Waals surface area contributed by atoms with Crippen molar-refractivity contribution in [2.24, 2.45) is 5.41 Å². The van der Waals surface area contributed by atoms with E-state index in [-0.39, 0.29) is 0 Å². The van der Waals surface area contributed by atoms with Gasteiger partial charge in [0, 0.05) is 0 Å². The van der Waals surface area contributed by atoms with E-state index in [0.29, 0.717) is 12.8 Å². The number of carboxylic acid groups (broad SMARTS) is 1. The molecule has 0 spiro atoms.